The van der Waals surface area contributed by atoms with Crippen molar-refractivity contribution in [2.75, 3.05) is 44.7 Å². The lowest BCUT2D eigenvalue weighted by atomic mass is 9.98. The van der Waals surface area contributed by atoms with E-state index in [4.69, 9.17) is 14.5 Å². The summed E-state index contributed by atoms with van der Waals surface area (Å²) in [6.07, 6.45) is 1.66. The van der Waals surface area contributed by atoms with Gasteiger partial charge in [0.15, 0.2) is 0 Å². The molecule has 2 saturated heterocycles. The number of benzene rings is 1. The molecule has 3 aliphatic heterocycles. The fraction of sp³-hybridized carbons (Fsp3) is 0.636. The number of nitrogens with zero attached hydrogens (tertiary/aromatic N) is 3. The van der Waals surface area contributed by atoms with Gasteiger partial charge >= 0.3 is 6.09 Å². The molecule has 3 heterocycles. The number of morpholine rings is 1. The average Bonchev–Trinajstić information content (AvgIpc) is 3.16. The normalized spacial score (nSPS) is 22.1. The van der Waals surface area contributed by atoms with Gasteiger partial charge in [0.1, 0.15) is 11.4 Å². The molecule has 29 heavy (non-hydrogen) atoms. The summed E-state index contributed by atoms with van der Waals surface area (Å²) in [4.78, 5) is 22.1. The van der Waals surface area contributed by atoms with Crippen LogP contribution in [-0.2, 0) is 9.47 Å². The van der Waals surface area contributed by atoms with Crippen molar-refractivity contribution in [3.8, 4) is 0 Å². The fourth-order valence-corrected chi connectivity index (χ4v) is 4.30. The quantitative estimate of drug-likeness (QED) is 0.776. The van der Waals surface area contributed by atoms with E-state index >= 15 is 0 Å². The lowest BCUT2D eigenvalue weighted by Gasteiger charge is -2.34. The summed E-state index contributed by atoms with van der Waals surface area (Å²) in [5.74, 6) is 1.05. The van der Waals surface area contributed by atoms with Gasteiger partial charge in [-0.1, -0.05) is 6.07 Å². The number of aliphatic imine (C=N–C) groups is 1. The fourth-order valence-electron chi connectivity index (χ4n) is 4.30. The number of likely N-dealkylation sites (tertiary alicyclic amines) is 1. The molecule has 0 radical (unpaired) electrons. The molecule has 7 heteroatoms. The summed E-state index contributed by atoms with van der Waals surface area (Å²) in [6.45, 7) is 12.5. The number of carbonyl (C=O) groups is 1. The van der Waals surface area contributed by atoms with Crippen molar-refractivity contribution in [3.63, 3.8) is 0 Å². The average molecular weight is 401 g/mol. The molecule has 1 aromatic carbocycles. The highest BCUT2D eigenvalue weighted by Crippen LogP contribution is 2.43. The van der Waals surface area contributed by atoms with E-state index < -0.39 is 5.60 Å². The van der Waals surface area contributed by atoms with Crippen LogP contribution in [0.3, 0.4) is 0 Å². The lowest BCUT2D eigenvalue weighted by molar-refractivity contribution is 0.0225. The Morgan fingerprint density at radius 1 is 1.24 bits per heavy atom. The minimum absolute atomic E-state index is 0.00640. The Labute approximate surface area is 173 Å². The van der Waals surface area contributed by atoms with Crippen molar-refractivity contribution in [1.29, 1.82) is 0 Å². The first-order valence-corrected chi connectivity index (χ1v) is 10.6. The van der Waals surface area contributed by atoms with Crippen LogP contribution in [0.25, 0.3) is 0 Å². The van der Waals surface area contributed by atoms with Gasteiger partial charge in [0.25, 0.3) is 0 Å². The summed E-state index contributed by atoms with van der Waals surface area (Å²) < 4.78 is 11.2. The standard InChI is InChI=1S/C22H32N4O3/c1-15-12-16(18-6-5-7-26(18)21(27)29-22(2,3)4)20-17(13-15)23-14-19(24-20)25-8-10-28-11-9-25/h12-13,18,23H,5-11,14H2,1-4H3. The summed E-state index contributed by atoms with van der Waals surface area (Å²) >= 11 is 0. The Morgan fingerprint density at radius 2 is 2.00 bits per heavy atom. The van der Waals surface area contributed by atoms with Gasteiger partial charge in [0, 0.05) is 25.2 Å². The molecule has 0 aliphatic carbocycles. The van der Waals surface area contributed by atoms with Gasteiger partial charge in [-0.25, -0.2) is 9.79 Å². The molecular formula is C22H32N4O3. The van der Waals surface area contributed by atoms with E-state index in [1.54, 1.807) is 0 Å². The Balaban J connectivity index is 1.67. The van der Waals surface area contributed by atoms with Crippen molar-refractivity contribution in [2.24, 2.45) is 4.99 Å². The van der Waals surface area contributed by atoms with Crippen LogP contribution < -0.4 is 5.32 Å². The zero-order chi connectivity index (χ0) is 20.6. The predicted molar refractivity (Wildman–Crippen MR) is 114 cm³/mol. The van der Waals surface area contributed by atoms with Gasteiger partial charge < -0.3 is 24.6 Å². The zero-order valence-corrected chi connectivity index (χ0v) is 18.0. The van der Waals surface area contributed by atoms with Crippen LogP contribution in [-0.4, -0.2) is 66.7 Å². The van der Waals surface area contributed by atoms with E-state index in [1.165, 1.54) is 5.56 Å². The van der Waals surface area contributed by atoms with Crippen LogP contribution in [0.1, 0.15) is 50.8 Å². The van der Waals surface area contributed by atoms with Crippen molar-refractivity contribution >= 4 is 23.3 Å². The Hall–Kier alpha value is -2.28. The number of ether oxygens (including phenoxy) is 2. The molecule has 7 nitrogen and oxygen atoms in total. The van der Waals surface area contributed by atoms with Crippen LogP contribution in [0.15, 0.2) is 17.1 Å². The van der Waals surface area contributed by atoms with Gasteiger partial charge in [-0.2, -0.15) is 0 Å². The number of anilines is 1. The largest absolute Gasteiger partial charge is 0.444 e. The van der Waals surface area contributed by atoms with E-state index in [0.717, 1.165) is 75.0 Å². The molecular weight excluding hydrogens is 368 g/mol. The first-order chi connectivity index (χ1) is 13.8. The number of hydrogen-bond acceptors (Lipinski definition) is 6. The van der Waals surface area contributed by atoms with Crippen LogP contribution >= 0.6 is 0 Å². The Bertz CT molecular complexity index is 809. The molecule has 0 saturated carbocycles. The summed E-state index contributed by atoms with van der Waals surface area (Å²) in [6, 6.07) is 4.32. The third-order valence-electron chi connectivity index (χ3n) is 5.58. The van der Waals surface area contributed by atoms with E-state index in [2.05, 4.69) is 29.3 Å². The molecule has 1 aromatic rings. The molecule has 0 spiro atoms. The van der Waals surface area contributed by atoms with E-state index in [-0.39, 0.29) is 12.1 Å². The molecule has 158 valence electrons. The van der Waals surface area contributed by atoms with Crippen molar-refractivity contribution in [1.82, 2.24) is 9.80 Å². The highest BCUT2D eigenvalue weighted by Gasteiger charge is 2.35. The molecule has 4 rings (SSSR count). The molecule has 0 aromatic heterocycles. The minimum atomic E-state index is -0.501. The van der Waals surface area contributed by atoms with Crippen LogP contribution in [0.4, 0.5) is 16.2 Å². The molecule has 2 fully saturated rings. The maximum Gasteiger partial charge on any atom is 0.410 e. The highest BCUT2D eigenvalue weighted by atomic mass is 16.6. The summed E-state index contributed by atoms with van der Waals surface area (Å²) in [5, 5.41) is 3.55. The second-order valence-electron chi connectivity index (χ2n) is 9.06. The second kappa shape index (κ2) is 7.86. The van der Waals surface area contributed by atoms with Gasteiger partial charge in [-0.15, -0.1) is 0 Å². The molecule has 1 unspecified atom stereocenters. The number of nitrogens with one attached hydrogen (secondary N) is 1. The molecule has 3 aliphatic rings. The van der Waals surface area contributed by atoms with Crippen molar-refractivity contribution in [2.45, 2.75) is 52.2 Å². The summed E-state index contributed by atoms with van der Waals surface area (Å²) in [5.41, 5.74) is 3.80. The zero-order valence-electron chi connectivity index (χ0n) is 18.0. The van der Waals surface area contributed by atoms with Crippen molar-refractivity contribution < 1.29 is 14.3 Å². The van der Waals surface area contributed by atoms with Crippen molar-refractivity contribution in [3.05, 3.63) is 23.3 Å². The third kappa shape index (κ3) is 4.34. The summed E-state index contributed by atoms with van der Waals surface area (Å²) in [7, 11) is 0. The lowest BCUT2D eigenvalue weighted by Crippen LogP contribution is -2.44. The molecule has 0 bridgehead atoms. The van der Waals surface area contributed by atoms with Gasteiger partial charge in [-0.3, -0.25) is 0 Å². The molecule has 1 amide bonds. The third-order valence-corrected chi connectivity index (χ3v) is 5.58. The van der Waals surface area contributed by atoms with Crippen LogP contribution in [0, 0.1) is 6.92 Å². The van der Waals surface area contributed by atoms with Crippen LogP contribution in [0.5, 0.6) is 0 Å². The first-order valence-electron chi connectivity index (χ1n) is 10.6. The number of amides is 1. The number of carbonyl (C=O) groups excluding carboxylic acids is 1. The number of hydrogen-bond donors (Lipinski definition) is 1. The Kier molecular flexibility index (Phi) is 5.42. The number of amidine groups is 1. The van der Waals surface area contributed by atoms with E-state index in [9.17, 15) is 4.79 Å². The maximum atomic E-state index is 12.8. The van der Waals surface area contributed by atoms with Gasteiger partial charge in [0.05, 0.1) is 37.2 Å². The highest BCUT2D eigenvalue weighted by molar-refractivity contribution is 5.95. The monoisotopic (exact) mass is 400 g/mol. The topological polar surface area (TPSA) is 66.4 Å². The Morgan fingerprint density at radius 3 is 2.72 bits per heavy atom. The number of aryl methyl sites for hydroxylation is 1. The number of rotatable bonds is 1. The maximum absolute atomic E-state index is 12.8. The van der Waals surface area contributed by atoms with E-state index in [1.807, 2.05) is 25.7 Å². The van der Waals surface area contributed by atoms with Gasteiger partial charge in [0.2, 0.25) is 0 Å². The number of fused-ring (bicyclic) bond motifs is 1. The molecule has 1 N–H and O–H groups in total. The van der Waals surface area contributed by atoms with Gasteiger partial charge in [-0.05, 0) is 52.2 Å². The molecule has 1 atom stereocenters. The SMILES string of the molecule is Cc1cc2c(c(C3CCCN3C(=O)OC(C)(C)C)c1)N=C(N1CCOCC1)CN2. The minimum Gasteiger partial charge on any atom is -0.444 e. The van der Waals surface area contributed by atoms with E-state index in [0.29, 0.717) is 0 Å². The first kappa shape index (κ1) is 20.0. The smallest absolute Gasteiger partial charge is 0.410 e. The van der Waals surface area contributed by atoms with Crippen LogP contribution in [0.2, 0.25) is 0 Å². The second-order valence-corrected chi connectivity index (χ2v) is 9.06. The predicted octanol–water partition coefficient (Wildman–Crippen LogP) is 3.85.